The second-order valence-electron chi connectivity index (χ2n) is 7.82. The molecule has 0 N–H and O–H groups in total. The summed E-state index contributed by atoms with van der Waals surface area (Å²) in [7, 11) is 3.38. The van der Waals surface area contributed by atoms with Crippen molar-refractivity contribution in [1.29, 1.82) is 0 Å². The molecule has 3 aromatic rings. The fourth-order valence-electron chi connectivity index (χ4n) is 4.35. The molecule has 1 aliphatic rings. The van der Waals surface area contributed by atoms with Crippen molar-refractivity contribution >= 4 is 34.4 Å². The normalized spacial score (nSPS) is 15.8. The standard InChI is InChI=1S/C24H26ClN3O3/c1-26-16-17(18-7-4-6-10-21(18)26)15-22(29)27-11-13-28(14-12-27)23(24(30)31-2)19-8-3-5-9-20(19)25/h3-10,16,23H,11-15H2,1-2H3. The minimum atomic E-state index is -0.575. The van der Waals surface area contributed by atoms with E-state index in [1.54, 1.807) is 6.07 Å². The van der Waals surface area contributed by atoms with Gasteiger partial charge in [0.2, 0.25) is 5.91 Å². The number of fused-ring (bicyclic) bond motifs is 1. The van der Waals surface area contributed by atoms with Crippen LogP contribution >= 0.6 is 11.6 Å². The number of amides is 1. The first-order chi connectivity index (χ1) is 15.0. The van der Waals surface area contributed by atoms with Gasteiger partial charge in [-0.3, -0.25) is 9.69 Å². The van der Waals surface area contributed by atoms with Gasteiger partial charge in [-0.25, -0.2) is 4.79 Å². The Morgan fingerprint density at radius 2 is 1.71 bits per heavy atom. The van der Waals surface area contributed by atoms with Gasteiger partial charge in [-0.2, -0.15) is 0 Å². The van der Waals surface area contributed by atoms with Gasteiger partial charge in [-0.1, -0.05) is 48.0 Å². The van der Waals surface area contributed by atoms with Crippen LogP contribution in [0, 0.1) is 0 Å². The Labute approximate surface area is 186 Å². The number of hydrogen-bond acceptors (Lipinski definition) is 4. The maximum absolute atomic E-state index is 13.0. The lowest BCUT2D eigenvalue weighted by Crippen LogP contribution is -2.51. The minimum Gasteiger partial charge on any atom is -0.468 e. The summed E-state index contributed by atoms with van der Waals surface area (Å²) in [6.07, 6.45) is 2.40. The van der Waals surface area contributed by atoms with E-state index in [9.17, 15) is 9.59 Å². The van der Waals surface area contributed by atoms with Crippen LogP contribution in [0.2, 0.25) is 5.02 Å². The zero-order chi connectivity index (χ0) is 22.0. The fraction of sp³-hybridized carbons (Fsp3) is 0.333. The van der Waals surface area contributed by atoms with Gasteiger partial charge in [-0.05, 0) is 23.3 Å². The monoisotopic (exact) mass is 439 g/mol. The highest BCUT2D eigenvalue weighted by molar-refractivity contribution is 6.31. The molecule has 1 amide bonds. The number of halogens is 1. The van der Waals surface area contributed by atoms with Crippen LogP contribution in [0.5, 0.6) is 0 Å². The first-order valence-electron chi connectivity index (χ1n) is 10.4. The van der Waals surface area contributed by atoms with Gasteiger partial charge in [0.25, 0.3) is 0 Å². The number of methoxy groups -OCH3 is 1. The molecule has 162 valence electrons. The molecule has 1 saturated heterocycles. The number of rotatable bonds is 5. The van der Waals surface area contributed by atoms with E-state index >= 15 is 0 Å². The predicted octanol–water partition coefficient (Wildman–Crippen LogP) is 3.43. The third-order valence-corrected chi connectivity index (χ3v) is 6.32. The Morgan fingerprint density at radius 3 is 2.42 bits per heavy atom. The van der Waals surface area contributed by atoms with Crippen molar-refractivity contribution in [2.75, 3.05) is 33.3 Å². The highest BCUT2D eigenvalue weighted by Crippen LogP contribution is 2.29. The number of esters is 1. The van der Waals surface area contributed by atoms with Gasteiger partial charge < -0.3 is 14.2 Å². The maximum Gasteiger partial charge on any atom is 0.327 e. The molecule has 2 heterocycles. The van der Waals surface area contributed by atoms with Gasteiger partial charge in [0.05, 0.1) is 13.5 Å². The Kier molecular flexibility index (Phi) is 6.30. The molecular weight excluding hydrogens is 414 g/mol. The number of carbonyl (C=O) groups is 2. The molecule has 0 spiro atoms. The van der Waals surface area contributed by atoms with E-state index in [0.717, 1.165) is 22.0 Å². The van der Waals surface area contributed by atoms with Crippen molar-refractivity contribution in [1.82, 2.24) is 14.4 Å². The van der Waals surface area contributed by atoms with Crippen molar-refractivity contribution < 1.29 is 14.3 Å². The largest absolute Gasteiger partial charge is 0.468 e. The summed E-state index contributed by atoms with van der Waals surface area (Å²) in [6.45, 7) is 2.27. The molecule has 0 saturated carbocycles. The molecule has 2 aromatic carbocycles. The Bertz CT molecular complexity index is 1100. The summed E-state index contributed by atoms with van der Waals surface area (Å²) >= 11 is 6.36. The Balaban J connectivity index is 1.45. The zero-order valence-electron chi connectivity index (χ0n) is 17.8. The summed E-state index contributed by atoms with van der Waals surface area (Å²) in [5, 5.41) is 1.65. The number of carbonyl (C=O) groups excluding carboxylic acids is 2. The number of benzene rings is 2. The molecule has 7 heteroatoms. The van der Waals surface area contributed by atoms with Crippen molar-refractivity contribution in [3.63, 3.8) is 0 Å². The highest BCUT2D eigenvalue weighted by atomic mass is 35.5. The van der Waals surface area contributed by atoms with E-state index in [0.29, 0.717) is 37.6 Å². The third-order valence-electron chi connectivity index (χ3n) is 5.98. The van der Waals surface area contributed by atoms with Crippen molar-refractivity contribution in [3.05, 3.63) is 70.9 Å². The summed E-state index contributed by atoms with van der Waals surface area (Å²) in [4.78, 5) is 29.4. The number of piperazine rings is 1. The van der Waals surface area contributed by atoms with E-state index in [-0.39, 0.29) is 11.9 Å². The van der Waals surface area contributed by atoms with Gasteiger partial charge in [0.1, 0.15) is 6.04 Å². The first kappa shape index (κ1) is 21.4. The van der Waals surface area contributed by atoms with Crippen LogP contribution in [-0.2, 0) is 27.8 Å². The van der Waals surface area contributed by atoms with Crippen LogP contribution in [-0.4, -0.2) is 59.5 Å². The molecule has 6 nitrogen and oxygen atoms in total. The maximum atomic E-state index is 13.0. The van der Waals surface area contributed by atoms with Gasteiger partial charge >= 0.3 is 5.97 Å². The predicted molar refractivity (Wildman–Crippen MR) is 121 cm³/mol. The number of aromatic nitrogens is 1. The third kappa shape index (κ3) is 4.31. The second-order valence-corrected chi connectivity index (χ2v) is 8.23. The average Bonchev–Trinajstić information content (AvgIpc) is 3.11. The molecule has 31 heavy (non-hydrogen) atoms. The van der Waals surface area contributed by atoms with E-state index in [1.807, 2.05) is 53.4 Å². The van der Waals surface area contributed by atoms with Crippen molar-refractivity contribution in [2.45, 2.75) is 12.5 Å². The van der Waals surface area contributed by atoms with Crippen LogP contribution < -0.4 is 0 Å². The highest BCUT2D eigenvalue weighted by Gasteiger charge is 2.33. The summed E-state index contributed by atoms with van der Waals surface area (Å²) < 4.78 is 7.11. The van der Waals surface area contributed by atoms with Crippen LogP contribution in [0.4, 0.5) is 0 Å². The topological polar surface area (TPSA) is 54.8 Å². The van der Waals surface area contributed by atoms with Crippen LogP contribution in [0.25, 0.3) is 10.9 Å². The van der Waals surface area contributed by atoms with Crippen LogP contribution in [0.15, 0.2) is 54.7 Å². The molecule has 0 radical (unpaired) electrons. The smallest absolute Gasteiger partial charge is 0.327 e. The number of nitrogens with zero attached hydrogens (tertiary/aromatic N) is 3. The Morgan fingerprint density at radius 1 is 1.03 bits per heavy atom. The Hall–Kier alpha value is -2.83. The molecular formula is C24H26ClN3O3. The lowest BCUT2D eigenvalue weighted by Gasteiger charge is -2.38. The molecule has 4 rings (SSSR count). The zero-order valence-corrected chi connectivity index (χ0v) is 18.5. The van der Waals surface area contributed by atoms with Gasteiger partial charge in [-0.15, -0.1) is 0 Å². The minimum absolute atomic E-state index is 0.100. The number of hydrogen-bond donors (Lipinski definition) is 0. The SMILES string of the molecule is COC(=O)C(c1ccccc1Cl)N1CCN(C(=O)Cc2cn(C)c3ccccc23)CC1. The van der Waals surface area contributed by atoms with Crippen LogP contribution in [0.3, 0.4) is 0 Å². The van der Waals surface area contributed by atoms with E-state index in [1.165, 1.54) is 7.11 Å². The average molecular weight is 440 g/mol. The van der Waals surface area contributed by atoms with E-state index in [2.05, 4.69) is 16.7 Å². The first-order valence-corrected chi connectivity index (χ1v) is 10.7. The van der Waals surface area contributed by atoms with Crippen LogP contribution in [0.1, 0.15) is 17.2 Å². The number of ether oxygens (including phenoxy) is 1. The van der Waals surface area contributed by atoms with Gasteiger partial charge in [0.15, 0.2) is 0 Å². The molecule has 1 aliphatic heterocycles. The summed E-state index contributed by atoms with van der Waals surface area (Å²) in [6, 6.07) is 14.9. The molecule has 1 aromatic heterocycles. The van der Waals surface area contributed by atoms with Crippen molar-refractivity contribution in [2.24, 2.45) is 7.05 Å². The molecule has 1 unspecified atom stereocenters. The quantitative estimate of drug-likeness (QED) is 0.571. The summed E-state index contributed by atoms with van der Waals surface area (Å²) in [5.41, 5.74) is 2.89. The van der Waals surface area contributed by atoms with E-state index in [4.69, 9.17) is 16.3 Å². The van der Waals surface area contributed by atoms with E-state index < -0.39 is 6.04 Å². The summed E-state index contributed by atoms with van der Waals surface area (Å²) in [5.74, 6) is -0.244. The molecule has 1 fully saturated rings. The molecule has 0 bridgehead atoms. The molecule has 1 atom stereocenters. The lowest BCUT2D eigenvalue weighted by molar-refractivity contribution is -0.148. The fourth-order valence-corrected chi connectivity index (χ4v) is 4.59. The number of aryl methyl sites for hydroxylation is 1. The number of para-hydroxylation sites is 1. The molecule has 0 aliphatic carbocycles. The van der Waals surface area contributed by atoms with Gasteiger partial charge in [0, 0.05) is 55.3 Å². The second kappa shape index (κ2) is 9.12. The lowest BCUT2D eigenvalue weighted by atomic mass is 10.0. The van der Waals surface area contributed by atoms with Crippen molar-refractivity contribution in [3.8, 4) is 0 Å².